The van der Waals surface area contributed by atoms with Crippen molar-refractivity contribution in [3.8, 4) is 22.5 Å². The Bertz CT molecular complexity index is 1440. The number of rotatable bonds is 7. The summed E-state index contributed by atoms with van der Waals surface area (Å²) in [5, 5.41) is 17.9. The Labute approximate surface area is 210 Å². The largest absolute Gasteiger partial charge is 0.375 e. The van der Waals surface area contributed by atoms with Gasteiger partial charge in [-0.2, -0.15) is 0 Å². The maximum atomic E-state index is 13.7. The van der Waals surface area contributed by atoms with Crippen LogP contribution in [0.3, 0.4) is 0 Å². The number of H-pyrrole nitrogens is 1. The predicted octanol–water partition coefficient (Wildman–Crippen LogP) is 5.08. The molecule has 2 bridgehead atoms. The maximum Gasteiger partial charge on any atom is 0.290 e. The summed E-state index contributed by atoms with van der Waals surface area (Å²) in [5.74, 6) is 0.648. The third kappa shape index (κ3) is 3.50. The van der Waals surface area contributed by atoms with Crippen molar-refractivity contribution in [3.63, 3.8) is 0 Å². The summed E-state index contributed by atoms with van der Waals surface area (Å²) in [5.41, 5.74) is 6.30. The van der Waals surface area contributed by atoms with Gasteiger partial charge < -0.3 is 5.32 Å². The van der Waals surface area contributed by atoms with Crippen molar-refractivity contribution in [1.29, 1.82) is 0 Å². The average Bonchev–Trinajstić information content (AvgIpc) is 3.53. The molecule has 1 aliphatic carbocycles. The fourth-order valence-electron chi connectivity index (χ4n) is 6.20. The van der Waals surface area contributed by atoms with E-state index in [1.807, 2.05) is 18.2 Å². The van der Waals surface area contributed by atoms with E-state index in [4.69, 9.17) is 0 Å². The fourth-order valence-corrected chi connectivity index (χ4v) is 6.20. The van der Waals surface area contributed by atoms with Crippen molar-refractivity contribution >= 4 is 5.69 Å². The van der Waals surface area contributed by atoms with Gasteiger partial charge in [-0.05, 0) is 73.1 Å². The molecule has 7 rings (SSSR count). The zero-order chi connectivity index (χ0) is 24.9. The molecule has 0 atom stereocenters. The normalized spacial score (nSPS) is 22.5. The molecule has 2 aromatic carbocycles. The SMILES string of the molecule is CCCc1c(NCc2ccc(-c3ccccc3-c3nnn[nH]3)cc2)c(=O)n2n1C1(C)CCC2(C)CC1. The second kappa shape index (κ2) is 8.47. The third-order valence-electron chi connectivity index (χ3n) is 8.33. The van der Waals surface area contributed by atoms with Crippen LogP contribution in [0.15, 0.2) is 53.3 Å². The van der Waals surface area contributed by atoms with Crippen LogP contribution < -0.4 is 10.9 Å². The highest BCUT2D eigenvalue weighted by molar-refractivity contribution is 5.80. The Kier molecular flexibility index (Phi) is 5.35. The molecule has 0 saturated heterocycles. The van der Waals surface area contributed by atoms with E-state index in [0.29, 0.717) is 12.4 Å². The van der Waals surface area contributed by atoms with Gasteiger partial charge in [0, 0.05) is 12.1 Å². The molecule has 2 aliphatic heterocycles. The zero-order valence-corrected chi connectivity index (χ0v) is 21.2. The van der Waals surface area contributed by atoms with Gasteiger partial charge in [0.25, 0.3) is 5.56 Å². The first kappa shape index (κ1) is 22.8. The molecule has 186 valence electrons. The molecule has 2 N–H and O–H groups in total. The van der Waals surface area contributed by atoms with E-state index in [1.54, 1.807) is 0 Å². The van der Waals surface area contributed by atoms with Gasteiger partial charge in [0.15, 0.2) is 5.82 Å². The van der Waals surface area contributed by atoms with Gasteiger partial charge in [-0.25, -0.2) is 9.78 Å². The number of benzene rings is 2. The topological polar surface area (TPSA) is 93.4 Å². The molecule has 0 amide bonds. The summed E-state index contributed by atoms with van der Waals surface area (Å²) in [6.07, 6.45) is 6.35. The van der Waals surface area contributed by atoms with Crippen molar-refractivity contribution in [2.45, 2.75) is 76.9 Å². The lowest BCUT2D eigenvalue weighted by molar-refractivity contribution is -0.00344. The molecular weight excluding hydrogens is 450 g/mol. The van der Waals surface area contributed by atoms with Crippen LogP contribution in [0.4, 0.5) is 5.69 Å². The zero-order valence-electron chi connectivity index (χ0n) is 21.2. The van der Waals surface area contributed by atoms with E-state index in [0.717, 1.165) is 66.5 Å². The molecule has 0 spiro atoms. The Morgan fingerprint density at radius 3 is 2.25 bits per heavy atom. The quantitative estimate of drug-likeness (QED) is 0.382. The summed E-state index contributed by atoms with van der Waals surface area (Å²) in [6.45, 7) is 7.39. The maximum absolute atomic E-state index is 13.7. The molecule has 4 heterocycles. The summed E-state index contributed by atoms with van der Waals surface area (Å²) in [7, 11) is 0. The highest BCUT2D eigenvalue weighted by Crippen LogP contribution is 2.49. The number of anilines is 1. The van der Waals surface area contributed by atoms with Crippen LogP contribution >= 0.6 is 0 Å². The van der Waals surface area contributed by atoms with Crippen LogP contribution in [-0.4, -0.2) is 30.0 Å². The van der Waals surface area contributed by atoms with Gasteiger partial charge in [-0.1, -0.05) is 61.9 Å². The summed E-state index contributed by atoms with van der Waals surface area (Å²) >= 11 is 0. The summed E-state index contributed by atoms with van der Waals surface area (Å²) in [4.78, 5) is 13.7. The Balaban J connectivity index is 1.29. The Morgan fingerprint density at radius 1 is 0.944 bits per heavy atom. The number of aromatic amines is 1. The second-order valence-corrected chi connectivity index (χ2v) is 10.8. The number of hydrogen-bond donors (Lipinski definition) is 2. The minimum atomic E-state index is -0.0780. The third-order valence-corrected chi connectivity index (χ3v) is 8.33. The molecule has 36 heavy (non-hydrogen) atoms. The van der Waals surface area contributed by atoms with E-state index in [-0.39, 0.29) is 16.6 Å². The van der Waals surface area contributed by atoms with E-state index < -0.39 is 0 Å². The fraction of sp³-hybridized carbons (Fsp3) is 0.429. The lowest BCUT2D eigenvalue weighted by Gasteiger charge is -2.53. The van der Waals surface area contributed by atoms with Gasteiger partial charge in [0.2, 0.25) is 0 Å². The molecule has 4 aromatic rings. The minimum absolute atomic E-state index is 0.0371. The van der Waals surface area contributed by atoms with Gasteiger partial charge >= 0.3 is 0 Å². The van der Waals surface area contributed by atoms with Crippen LogP contribution in [-0.2, 0) is 24.0 Å². The van der Waals surface area contributed by atoms with E-state index in [9.17, 15) is 4.79 Å². The van der Waals surface area contributed by atoms with Crippen molar-refractivity contribution in [2.24, 2.45) is 0 Å². The highest BCUT2D eigenvalue weighted by atomic mass is 16.1. The second-order valence-electron chi connectivity index (χ2n) is 10.8. The summed E-state index contributed by atoms with van der Waals surface area (Å²) < 4.78 is 4.46. The number of nitrogens with one attached hydrogen (secondary N) is 2. The van der Waals surface area contributed by atoms with Crippen LogP contribution in [0, 0.1) is 0 Å². The van der Waals surface area contributed by atoms with E-state index in [1.165, 1.54) is 5.69 Å². The number of nitrogens with zero attached hydrogens (tertiary/aromatic N) is 5. The van der Waals surface area contributed by atoms with Gasteiger partial charge in [-0.15, -0.1) is 5.10 Å². The lowest BCUT2D eigenvalue weighted by Crippen LogP contribution is -2.57. The van der Waals surface area contributed by atoms with Crippen LogP contribution in [0.1, 0.15) is 64.1 Å². The Hall–Kier alpha value is -3.68. The summed E-state index contributed by atoms with van der Waals surface area (Å²) in [6, 6.07) is 16.6. The first-order valence-electron chi connectivity index (χ1n) is 13.0. The molecular formula is C28H33N7O. The predicted molar refractivity (Wildman–Crippen MR) is 141 cm³/mol. The van der Waals surface area contributed by atoms with E-state index >= 15 is 0 Å². The molecule has 8 heteroatoms. The standard InChI is InChI=1S/C28H33N7O/c1-4-7-23-24(26(36)35-28(3)16-14-27(2,15-17-28)34(23)35)29-18-19-10-12-20(13-11-19)21-8-5-6-9-22(21)25-30-32-33-31-25/h5-6,8-13,29H,4,7,14-18H2,1-3H3,(H,30,31,32,33). The molecule has 8 nitrogen and oxygen atoms in total. The average molecular weight is 484 g/mol. The molecule has 1 saturated carbocycles. The minimum Gasteiger partial charge on any atom is -0.375 e. The van der Waals surface area contributed by atoms with Crippen molar-refractivity contribution < 1.29 is 0 Å². The number of tetrazole rings is 1. The van der Waals surface area contributed by atoms with E-state index in [2.05, 4.69) is 86.4 Å². The van der Waals surface area contributed by atoms with Crippen molar-refractivity contribution in [2.75, 3.05) is 5.32 Å². The van der Waals surface area contributed by atoms with Crippen molar-refractivity contribution in [1.82, 2.24) is 30.0 Å². The molecule has 1 fully saturated rings. The number of fused-ring (bicyclic) bond motifs is 2. The smallest absolute Gasteiger partial charge is 0.290 e. The molecule has 3 aliphatic rings. The highest BCUT2D eigenvalue weighted by Gasteiger charge is 2.50. The molecule has 2 aromatic heterocycles. The van der Waals surface area contributed by atoms with Gasteiger partial charge in [0.05, 0.1) is 16.8 Å². The number of aromatic nitrogens is 6. The van der Waals surface area contributed by atoms with Crippen LogP contribution in [0.25, 0.3) is 22.5 Å². The van der Waals surface area contributed by atoms with Crippen molar-refractivity contribution in [3.05, 3.63) is 70.1 Å². The van der Waals surface area contributed by atoms with Crippen LogP contribution in [0.5, 0.6) is 0 Å². The first-order valence-corrected chi connectivity index (χ1v) is 13.0. The lowest BCUT2D eigenvalue weighted by atomic mass is 9.72. The van der Waals surface area contributed by atoms with Gasteiger partial charge in [0.1, 0.15) is 5.69 Å². The first-order chi connectivity index (χ1) is 17.4. The Morgan fingerprint density at radius 2 is 1.61 bits per heavy atom. The van der Waals surface area contributed by atoms with Gasteiger partial charge in [-0.3, -0.25) is 9.48 Å². The number of hydrogen-bond acceptors (Lipinski definition) is 5. The van der Waals surface area contributed by atoms with Crippen LogP contribution in [0.2, 0.25) is 0 Å². The monoisotopic (exact) mass is 483 g/mol. The molecule has 0 unspecified atom stereocenters. The molecule has 0 radical (unpaired) electrons.